The van der Waals surface area contributed by atoms with Crippen molar-refractivity contribution >= 4 is 29.5 Å². The molecule has 0 saturated heterocycles. The minimum absolute atomic E-state index is 0.0578. The van der Waals surface area contributed by atoms with Gasteiger partial charge in [-0.2, -0.15) is 0 Å². The first kappa shape index (κ1) is 30.9. The van der Waals surface area contributed by atoms with Gasteiger partial charge in [0.15, 0.2) is 0 Å². The Morgan fingerprint density at radius 2 is 1.64 bits per heavy atom. The Morgan fingerprint density at radius 1 is 1.05 bits per heavy atom. The number of ether oxygens (including phenoxy) is 2. The molecule has 210 valence electrons. The molecule has 2 aromatic carbocycles. The fourth-order valence-corrected chi connectivity index (χ4v) is 4.04. The average molecular weight is 539 g/mol. The van der Waals surface area contributed by atoms with E-state index in [0.29, 0.717) is 17.0 Å². The van der Waals surface area contributed by atoms with Crippen LogP contribution in [0.15, 0.2) is 55.1 Å². The number of methoxy groups -OCH3 is 1. The molecule has 2 rings (SSSR count). The highest BCUT2D eigenvalue weighted by molar-refractivity contribution is 5.99. The van der Waals surface area contributed by atoms with Crippen molar-refractivity contribution in [1.29, 1.82) is 0 Å². The number of benzene rings is 2. The topological polar surface area (TPSA) is 140 Å². The molecule has 10 nitrogen and oxygen atoms in total. The number of nitrogens with one attached hydrogen (secondary N) is 2. The zero-order chi connectivity index (χ0) is 29.3. The van der Waals surface area contributed by atoms with Crippen LogP contribution >= 0.6 is 0 Å². The number of primary amides is 1. The maximum absolute atomic E-state index is 13.9. The molecule has 2 aromatic rings. The van der Waals surface area contributed by atoms with Gasteiger partial charge in [0, 0.05) is 12.2 Å². The number of carbonyl (C=O) groups is 4. The number of alkyl carbamates (subject to hydrolysis) is 1. The van der Waals surface area contributed by atoms with E-state index in [1.807, 2.05) is 19.9 Å². The van der Waals surface area contributed by atoms with Crippen LogP contribution in [0, 0.1) is 13.8 Å². The highest BCUT2D eigenvalue weighted by atomic mass is 16.6. The maximum atomic E-state index is 13.9. The second-order valence-electron chi connectivity index (χ2n) is 10.2. The minimum Gasteiger partial charge on any atom is -0.497 e. The van der Waals surface area contributed by atoms with Gasteiger partial charge in [-0.25, -0.2) is 4.79 Å². The Labute approximate surface area is 229 Å². The summed E-state index contributed by atoms with van der Waals surface area (Å²) >= 11 is 0. The molecular formula is C29H38N4O6. The fourth-order valence-electron chi connectivity index (χ4n) is 4.04. The first-order valence-corrected chi connectivity index (χ1v) is 12.5. The van der Waals surface area contributed by atoms with Gasteiger partial charge in [0.25, 0.3) is 5.91 Å². The molecular weight excluding hydrogens is 500 g/mol. The predicted molar refractivity (Wildman–Crippen MR) is 149 cm³/mol. The smallest absolute Gasteiger partial charge is 0.408 e. The Balaban J connectivity index is 2.54. The van der Waals surface area contributed by atoms with E-state index < -0.39 is 47.9 Å². The molecule has 4 amide bonds. The van der Waals surface area contributed by atoms with Gasteiger partial charge in [-0.05, 0) is 64.4 Å². The first-order chi connectivity index (χ1) is 18.2. The Hall–Kier alpha value is -4.34. The molecule has 0 aliphatic rings. The second kappa shape index (κ2) is 13.5. The first-order valence-electron chi connectivity index (χ1n) is 12.5. The van der Waals surface area contributed by atoms with E-state index >= 15 is 0 Å². The number of amides is 4. The van der Waals surface area contributed by atoms with Crippen LogP contribution in [0.25, 0.3) is 0 Å². The van der Waals surface area contributed by atoms with E-state index in [1.54, 1.807) is 57.2 Å². The molecule has 0 radical (unpaired) electrons. The standard InChI is InChI=1S/C29H38N4O6/c1-8-13-33(27(36)23(17-24(30)34)32-28(37)39-29(4,5)6)25(20-15-18(2)14-19(3)16-20)26(35)31-21-9-11-22(38-7)12-10-21/h8-12,14-16,23,25H,1,13,17H2,2-7H3,(H2,30,34)(H,31,35)(H,32,37). The number of hydrogen-bond acceptors (Lipinski definition) is 6. The molecule has 10 heteroatoms. The lowest BCUT2D eigenvalue weighted by Crippen LogP contribution is -2.53. The van der Waals surface area contributed by atoms with Crippen LogP contribution in [0.3, 0.4) is 0 Å². The van der Waals surface area contributed by atoms with E-state index in [-0.39, 0.29) is 6.54 Å². The van der Waals surface area contributed by atoms with E-state index in [4.69, 9.17) is 15.2 Å². The van der Waals surface area contributed by atoms with Crippen molar-refractivity contribution in [2.45, 2.75) is 58.7 Å². The van der Waals surface area contributed by atoms with Crippen LogP contribution in [0.1, 0.15) is 49.9 Å². The van der Waals surface area contributed by atoms with Crippen molar-refractivity contribution in [3.63, 3.8) is 0 Å². The Morgan fingerprint density at radius 3 is 2.13 bits per heavy atom. The summed E-state index contributed by atoms with van der Waals surface area (Å²) in [4.78, 5) is 53.3. The third-order valence-electron chi connectivity index (χ3n) is 5.48. The Bertz CT molecular complexity index is 1180. The summed E-state index contributed by atoms with van der Waals surface area (Å²) in [7, 11) is 1.54. The molecule has 0 aromatic heterocycles. The lowest BCUT2D eigenvalue weighted by Gasteiger charge is -2.34. The predicted octanol–water partition coefficient (Wildman–Crippen LogP) is 3.78. The molecule has 4 N–H and O–H groups in total. The highest BCUT2D eigenvalue weighted by Crippen LogP contribution is 2.27. The summed E-state index contributed by atoms with van der Waals surface area (Å²) in [5.41, 5.74) is 7.38. The summed E-state index contributed by atoms with van der Waals surface area (Å²) in [6.07, 6.45) is 0.0697. The van der Waals surface area contributed by atoms with E-state index in [9.17, 15) is 19.2 Å². The number of rotatable bonds is 11. The SMILES string of the molecule is C=CCN(C(=O)C(CC(N)=O)NC(=O)OC(C)(C)C)C(C(=O)Nc1ccc(OC)cc1)c1cc(C)cc(C)c1. The van der Waals surface area contributed by atoms with Gasteiger partial charge in [-0.15, -0.1) is 6.58 Å². The van der Waals surface area contributed by atoms with Crippen molar-refractivity contribution in [2.75, 3.05) is 19.0 Å². The van der Waals surface area contributed by atoms with Crippen molar-refractivity contribution in [3.05, 3.63) is 71.8 Å². The van der Waals surface area contributed by atoms with E-state index in [1.165, 1.54) is 18.1 Å². The maximum Gasteiger partial charge on any atom is 0.408 e. The molecule has 2 unspecified atom stereocenters. The Kier molecular flexibility index (Phi) is 10.7. The lowest BCUT2D eigenvalue weighted by atomic mass is 9.98. The van der Waals surface area contributed by atoms with Crippen LogP contribution in [-0.4, -0.2) is 54.0 Å². The molecule has 0 spiro atoms. The monoisotopic (exact) mass is 538 g/mol. The van der Waals surface area contributed by atoms with E-state index in [0.717, 1.165) is 11.1 Å². The van der Waals surface area contributed by atoms with Crippen molar-refractivity contribution < 1.29 is 28.7 Å². The summed E-state index contributed by atoms with van der Waals surface area (Å²) in [6, 6.07) is 9.79. The molecule has 0 saturated carbocycles. The van der Waals surface area contributed by atoms with Crippen LogP contribution in [0.2, 0.25) is 0 Å². The van der Waals surface area contributed by atoms with Crippen LogP contribution < -0.4 is 21.1 Å². The van der Waals surface area contributed by atoms with Gasteiger partial charge in [0.05, 0.1) is 13.5 Å². The van der Waals surface area contributed by atoms with Crippen LogP contribution in [0.5, 0.6) is 5.75 Å². The molecule has 0 fully saturated rings. The zero-order valence-corrected chi connectivity index (χ0v) is 23.4. The second-order valence-corrected chi connectivity index (χ2v) is 10.2. The molecule has 0 heterocycles. The molecule has 0 bridgehead atoms. The third kappa shape index (κ3) is 9.48. The van der Waals surface area contributed by atoms with Gasteiger partial charge in [0.1, 0.15) is 23.4 Å². The number of aryl methyl sites for hydroxylation is 2. The van der Waals surface area contributed by atoms with Gasteiger partial charge in [-0.3, -0.25) is 14.4 Å². The number of nitrogens with two attached hydrogens (primary N) is 1. The summed E-state index contributed by atoms with van der Waals surface area (Å²) in [5.74, 6) is -1.40. The quantitative estimate of drug-likeness (QED) is 0.372. The van der Waals surface area contributed by atoms with Crippen molar-refractivity contribution in [2.24, 2.45) is 5.73 Å². The van der Waals surface area contributed by atoms with Gasteiger partial charge < -0.3 is 30.7 Å². The van der Waals surface area contributed by atoms with Crippen molar-refractivity contribution in [3.8, 4) is 5.75 Å². The van der Waals surface area contributed by atoms with Gasteiger partial charge in [0.2, 0.25) is 11.8 Å². The summed E-state index contributed by atoms with van der Waals surface area (Å²) in [5, 5.41) is 5.29. The fraction of sp³-hybridized carbons (Fsp3) is 0.379. The number of nitrogens with zero attached hydrogens (tertiary/aromatic N) is 1. The number of anilines is 1. The van der Waals surface area contributed by atoms with Crippen LogP contribution in [-0.2, 0) is 19.1 Å². The number of carbonyl (C=O) groups excluding carboxylic acids is 4. The number of hydrogen-bond donors (Lipinski definition) is 3. The minimum atomic E-state index is -1.38. The summed E-state index contributed by atoms with van der Waals surface area (Å²) < 4.78 is 10.5. The van der Waals surface area contributed by atoms with Gasteiger partial charge >= 0.3 is 6.09 Å². The largest absolute Gasteiger partial charge is 0.497 e. The molecule has 0 aliphatic heterocycles. The molecule has 39 heavy (non-hydrogen) atoms. The molecule has 0 aliphatic carbocycles. The van der Waals surface area contributed by atoms with Crippen LogP contribution in [0.4, 0.5) is 10.5 Å². The summed E-state index contributed by atoms with van der Waals surface area (Å²) in [6.45, 7) is 12.5. The lowest BCUT2D eigenvalue weighted by molar-refractivity contribution is -0.141. The van der Waals surface area contributed by atoms with Gasteiger partial charge in [-0.1, -0.05) is 35.4 Å². The molecule has 2 atom stereocenters. The normalized spacial score (nSPS) is 12.5. The zero-order valence-electron chi connectivity index (χ0n) is 23.4. The third-order valence-corrected chi connectivity index (χ3v) is 5.48. The van der Waals surface area contributed by atoms with E-state index in [2.05, 4.69) is 17.2 Å². The average Bonchev–Trinajstić information content (AvgIpc) is 2.81. The van der Waals surface area contributed by atoms with Crippen molar-refractivity contribution in [1.82, 2.24) is 10.2 Å². The highest BCUT2D eigenvalue weighted by Gasteiger charge is 2.36.